The van der Waals surface area contributed by atoms with Gasteiger partial charge >= 0.3 is 5.97 Å². The van der Waals surface area contributed by atoms with E-state index in [2.05, 4.69) is 10.1 Å². The van der Waals surface area contributed by atoms with E-state index < -0.39 is 22.8 Å². The van der Waals surface area contributed by atoms with Crippen molar-refractivity contribution in [1.82, 2.24) is 5.32 Å². The summed E-state index contributed by atoms with van der Waals surface area (Å²) in [4.78, 5) is 32.6. The quantitative estimate of drug-likeness (QED) is 0.599. The highest BCUT2D eigenvalue weighted by atomic mass is 35.5. The molecule has 0 bridgehead atoms. The molecule has 0 heterocycles. The molecule has 2 N–H and O–H groups in total. The second-order valence-corrected chi connectivity index (χ2v) is 4.15. The topological polar surface area (TPSA) is 119 Å². The van der Waals surface area contributed by atoms with E-state index in [0.717, 1.165) is 12.1 Å². The summed E-state index contributed by atoms with van der Waals surface area (Å²) in [5, 5.41) is 21.5. The van der Waals surface area contributed by atoms with Crippen molar-refractivity contribution >= 4 is 29.2 Å². The van der Waals surface area contributed by atoms with Crippen LogP contribution in [0, 0.1) is 10.1 Å². The molecular weight excluding hydrogens is 292 g/mol. The van der Waals surface area contributed by atoms with Crippen LogP contribution in [-0.2, 0) is 9.53 Å². The van der Waals surface area contributed by atoms with Crippen LogP contribution in [0.3, 0.4) is 0 Å². The molecule has 0 aliphatic rings. The van der Waals surface area contributed by atoms with E-state index >= 15 is 0 Å². The van der Waals surface area contributed by atoms with Gasteiger partial charge in [0, 0.05) is 18.7 Å². The number of hydrogen-bond acceptors (Lipinski definition) is 5. The highest BCUT2D eigenvalue weighted by molar-refractivity contribution is 6.33. The van der Waals surface area contributed by atoms with Crippen molar-refractivity contribution in [1.29, 1.82) is 0 Å². The number of carbonyl (C=O) groups is 2. The van der Waals surface area contributed by atoms with E-state index in [1.165, 1.54) is 13.2 Å². The molecule has 1 unspecified atom stereocenters. The van der Waals surface area contributed by atoms with E-state index in [4.69, 9.17) is 16.7 Å². The normalized spacial score (nSPS) is 11.7. The number of ether oxygens (including phenoxy) is 1. The third-order valence-corrected chi connectivity index (χ3v) is 2.65. The Kier molecular flexibility index (Phi) is 5.42. The molecule has 0 aliphatic heterocycles. The molecule has 1 aromatic carbocycles. The molecule has 1 atom stereocenters. The maximum Gasteiger partial charge on any atom is 0.328 e. The number of carbonyl (C=O) groups excluding carboxylic acids is 1. The van der Waals surface area contributed by atoms with Crippen LogP contribution in [0.1, 0.15) is 10.4 Å². The van der Waals surface area contributed by atoms with Crippen molar-refractivity contribution in [3.8, 4) is 0 Å². The molecule has 0 radical (unpaired) electrons. The van der Waals surface area contributed by atoms with Crippen molar-refractivity contribution in [3.63, 3.8) is 0 Å². The van der Waals surface area contributed by atoms with Crippen molar-refractivity contribution in [2.24, 2.45) is 0 Å². The van der Waals surface area contributed by atoms with E-state index in [1.54, 1.807) is 0 Å². The first-order valence-electron chi connectivity index (χ1n) is 5.33. The summed E-state index contributed by atoms with van der Waals surface area (Å²) in [6.07, 6.45) is 0. The molecule has 0 aromatic heterocycles. The minimum atomic E-state index is -1.26. The summed E-state index contributed by atoms with van der Waals surface area (Å²) in [6, 6.07) is 2.14. The Labute approximate surface area is 118 Å². The van der Waals surface area contributed by atoms with Gasteiger partial charge in [0.15, 0.2) is 6.04 Å². The van der Waals surface area contributed by atoms with Gasteiger partial charge in [-0.3, -0.25) is 14.9 Å². The van der Waals surface area contributed by atoms with Crippen LogP contribution in [0.5, 0.6) is 0 Å². The smallest absolute Gasteiger partial charge is 0.328 e. The van der Waals surface area contributed by atoms with Gasteiger partial charge in [-0.2, -0.15) is 0 Å². The van der Waals surface area contributed by atoms with Crippen LogP contribution in [0.15, 0.2) is 18.2 Å². The molecule has 0 aliphatic carbocycles. The number of nitrogens with zero attached hydrogens (tertiary/aromatic N) is 1. The number of methoxy groups -OCH3 is 1. The summed E-state index contributed by atoms with van der Waals surface area (Å²) in [5.74, 6) is -1.97. The van der Waals surface area contributed by atoms with Crippen LogP contribution in [-0.4, -0.2) is 41.7 Å². The van der Waals surface area contributed by atoms with E-state index in [1.807, 2.05) is 0 Å². The van der Waals surface area contributed by atoms with Crippen LogP contribution in [0.25, 0.3) is 0 Å². The number of carboxylic acids is 1. The van der Waals surface area contributed by atoms with Crippen LogP contribution in [0.4, 0.5) is 5.69 Å². The van der Waals surface area contributed by atoms with E-state index in [9.17, 15) is 19.7 Å². The van der Waals surface area contributed by atoms with E-state index in [-0.39, 0.29) is 22.9 Å². The van der Waals surface area contributed by atoms with Gasteiger partial charge in [0.1, 0.15) is 5.02 Å². The molecule has 9 heteroatoms. The summed E-state index contributed by atoms with van der Waals surface area (Å²) in [5.41, 5.74) is -0.321. The first kappa shape index (κ1) is 15.9. The predicted octanol–water partition coefficient (Wildman–Crippen LogP) is 1.08. The van der Waals surface area contributed by atoms with Gasteiger partial charge in [0.2, 0.25) is 0 Å². The first-order valence-corrected chi connectivity index (χ1v) is 5.71. The van der Waals surface area contributed by atoms with Crippen LogP contribution < -0.4 is 5.32 Å². The summed E-state index contributed by atoms with van der Waals surface area (Å²) in [6.45, 7) is -0.207. The highest BCUT2D eigenvalue weighted by Gasteiger charge is 2.22. The van der Waals surface area contributed by atoms with Crippen molar-refractivity contribution in [2.45, 2.75) is 6.04 Å². The number of carboxylic acid groups (broad SMARTS) is 1. The average Bonchev–Trinajstić information content (AvgIpc) is 2.37. The fraction of sp³-hybridized carbons (Fsp3) is 0.273. The van der Waals surface area contributed by atoms with Gasteiger partial charge in [-0.05, 0) is 12.1 Å². The van der Waals surface area contributed by atoms with Gasteiger partial charge in [0.05, 0.1) is 11.5 Å². The zero-order valence-corrected chi connectivity index (χ0v) is 11.1. The molecule has 1 rings (SSSR count). The molecule has 1 amide bonds. The predicted molar refractivity (Wildman–Crippen MR) is 68.9 cm³/mol. The number of nitro benzene ring substituents is 1. The Morgan fingerprint density at radius 1 is 1.55 bits per heavy atom. The molecule has 0 spiro atoms. The molecule has 20 heavy (non-hydrogen) atoms. The first-order chi connectivity index (χ1) is 9.36. The van der Waals surface area contributed by atoms with Crippen molar-refractivity contribution < 1.29 is 24.4 Å². The molecule has 0 saturated carbocycles. The van der Waals surface area contributed by atoms with Crippen LogP contribution >= 0.6 is 11.6 Å². The standard InChI is InChI=1S/C11H11ClN2O6/c1-20-5-8(11(16)17)13-10(15)6-2-3-9(14(18)19)7(12)4-6/h2-4,8H,5H2,1H3,(H,13,15)(H,16,17). The zero-order valence-electron chi connectivity index (χ0n) is 10.3. The number of amides is 1. The summed E-state index contributed by atoms with van der Waals surface area (Å²) < 4.78 is 4.67. The van der Waals surface area contributed by atoms with Gasteiger partial charge < -0.3 is 15.2 Å². The molecular formula is C11H11ClN2O6. The SMILES string of the molecule is COCC(NC(=O)c1ccc([N+](=O)[O-])c(Cl)c1)C(=O)O. The van der Waals surface area contributed by atoms with Gasteiger partial charge in [-0.1, -0.05) is 11.6 Å². The molecule has 108 valence electrons. The molecule has 1 aromatic rings. The van der Waals surface area contributed by atoms with Crippen molar-refractivity contribution in [3.05, 3.63) is 38.9 Å². The lowest BCUT2D eigenvalue weighted by Gasteiger charge is -2.13. The molecule has 0 fully saturated rings. The zero-order chi connectivity index (χ0) is 15.3. The lowest BCUT2D eigenvalue weighted by molar-refractivity contribution is -0.384. The third-order valence-electron chi connectivity index (χ3n) is 2.34. The van der Waals surface area contributed by atoms with Crippen molar-refractivity contribution in [2.75, 3.05) is 13.7 Å². The summed E-state index contributed by atoms with van der Waals surface area (Å²) >= 11 is 5.67. The van der Waals surface area contributed by atoms with Gasteiger partial charge in [-0.15, -0.1) is 0 Å². The number of nitro groups is 1. The number of halogens is 1. The second-order valence-electron chi connectivity index (χ2n) is 3.74. The maximum absolute atomic E-state index is 11.8. The maximum atomic E-state index is 11.8. The molecule has 0 saturated heterocycles. The van der Waals surface area contributed by atoms with Gasteiger partial charge in [-0.25, -0.2) is 4.79 Å². The number of hydrogen-bond donors (Lipinski definition) is 2. The minimum absolute atomic E-state index is 0.0166. The van der Waals surface area contributed by atoms with E-state index in [0.29, 0.717) is 0 Å². The Bertz CT molecular complexity index is 548. The Balaban J connectivity index is 2.90. The Morgan fingerprint density at radius 3 is 2.65 bits per heavy atom. The summed E-state index contributed by atoms with van der Waals surface area (Å²) in [7, 11) is 1.30. The molecule has 8 nitrogen and oxygen atoms in total. The number of nitrogens with one attached hydrogen (secondary N) is 1. The average molecular weight is 303 g/mol. The second kappa shape index (κ2) is 6.83. The monoisotopic (exact) mass is 302 g/mol. The minimum Gasteiger partial charge on any atom is -0.480 e. The lowest BCUT2D eigenvalue weighted by atomic mass is 10.2. The third kappa shape index (κ3) is 3.90. The number of rotatable bonds is 6. The van der Waals surface area contributed by atoms with Gasteiger partial charge in [0.25, 0.3) is 11.6 Å². The lowest BCUT2D eigenvalue weighted by Crippen LogP contribution is -2.43. The van der Waals surface area contributed by atoms with Crippen LogP contribution in [0.2, 0.25) is 5.02 Å². The number of aliphatic carboxylic acids is 1. The highest BCUT2D eigenvalue weighted by Crippen LogP contribution is 2.24. The number of benzene rings is 1. The Hall–Kier alpha value is -2.19. The largest absolute Gasteiger partial charge is 0.480 e. The fourth-order valence-electron chi connectivity index (χ4n) is 1.38. The fourth-order valence-corrected chi connectivity index (χ4v) is 1.63. The Morgan fingerprint density at radius 2 is 2.20 bits per heavy atom.